The zero-order valence-electron chi connectivity index (χ0n) is 14.1. The van der Waals surface area contributed by atoms with E-state index >= 15 is 0 Å². The van der Waals surface area contributed by atoms with E-state index in [1.165, 1.54) is 25.5 Å². The lowest BCUT2D eigenvalue weighted by atomic mass is 10.1. The molecule has 0 atom stereocenters. The van der Waals surface area contributed by atoms with E-state index in [0.29, 0.717) is 0 Å². The minimum absolute atomic E-state index is 0.0366. The Labute approximate surface area is 148 Å². The van der Waals surface area contributed by atoms with Crippen molar-refractivity contribution in [1.82, 2.24) is 10.4 Å². The fourth-order valence-corrected chi connectivity index (χ4v) is 2.67. The molecule has 0 spiro atoms. The Morgan fingerprint density at radius 2 is 2.08 bits per heavy atom. The molecule has 0 radical (unpaired) electrons. The summed E-state index contributed by atoms with van der Waals surface area (Å²) < 4.78 is 5.09. The molecule has 0 bridgehead atoms. The Morgan fingerprint density at radius 1 is 1.31 bits per heavy atom. The number of rotatable bonds is 5. The fraction of sp³-hybridized carbons (Fsp3) is 0.111. The molecule has 2 N–H and O–H groups in total. The van der Waals surface area contributed by atoms with E-state index in [2.05, 4.69) is 15.5 Å². The van der Waals surface area contributed by atoms with Gasteiger partial charge in [0.25, 0.3) is 11.6 Å². The second-order valence-electron chi connectivity index (χ2n) is 5.55. The summed E-state index contributed by atoms with van der Waals surface area (Å²) in [6.45, 7) is 1.91. The van der Waals surface area contributed by atoms with Crippen molar-refractivity contribution in [2.24, 2.45) is 5.10 Å². The van der Waals surface area contributed by atoms with Crippen molar-refractivity contribution in [3.05, 3.63) is 69.4 Å². The fourth-order valence-electron chi connectivity index (χ4n) is 2.67. The van der Waals surface area contributed by atoms with Gasteiger partial charge in [-0.15, -0.1) is 0 Å². The molecule has 0 unspecified atom stereocenters. The molecule has 3 aromatic rings. The van der Waals surface area contributed by atoms with E-state index in [0.717, 1.165) is 28.2 Å². The highest BCUT2D eigenvalue weighted by Crippen LogP contribution is 2.24. The summed E-state index contributed by atoms with van der Waals surface area (Å²) in [6, 6.07) is 11.5. The number of para-hydroxylation sites is 1. The number of non-ortho nitro benzene ring substituents is 1. The van der Waals surface area contributed by atoms with Gasteiger partial charge in [-0.1, -0.05) is 18.2 Å². The van der Waals surface area contributed by atoms with Crippen molar-refractivity contribution in [3.8, 4) is 5.75 Å². The molecule has 1 amide bonds. The van der Waals surface area contributed by atoms with Gasteiger partial charge in [-0.05, 0) is 19.1 Å². The van der Waals surface area contributed by atoms with Crippen LogP contribution in [-0.4, -0.2) is 29.1 Å². The third-order valence-corrected chi connectivity index (χ3v) is 3.94. The highest BCUT2D eigenvalue weighted by atomic mass is 16.6. The molecule has 2 aromatic carbocycles. The summed E-state index contributed by atoms with van der Waals surface area (Å²) in [5.41, 5.74) is 4.96. The smallest absolute Gasteiger partial charge is 0.275 e. The number of H-pyrrole nitrogens is 1. The van der Waals surface area contributed by atoms with Crippen LogP contribution in [0.4, 0.5) is 5.69 Å². The number of ether oxygens (including phenoxy) is 1. The van der Waals surface area contributed by atoms with Gasteiger partial charge in [0, 0.05) is 34.3 Å². The predicted molar refractivity (Wildman–Crippen MR) is 97.7 cm³/mol. The molecule has 1 aromatic heterocycles. The second-order valence-corrected chi connectivity index (χ2v) is 5.55. The number of hydrazone groups is 1. The van der Waals surface area contributed by atoms with E-state index in [1.54, 1.807) is 0 Å². The Hall–Kier alpha value is -3.68. The van der Waals surface area contributed by atoms with Gasteiger partial charge >= 0.3 is 0 Å². The van der Waals surface area contributed by atoms with E-state index < -0.39 is 10.8 Å². The SMILES string of the molecule is COc1ccc([N+](=O)[O-])cc1C(=O)N/N=C\c1c(C)[nH]c2ccccc12. The molecule has 26 heavy (non-hydrogen) atoms. The summed E-state index contributed by atoms with van der Waals surface area (Å²) in [7, 11) is 1.39. The Balaban J connectivity index is 1.84. The highest BCUT2D eigenvalue weighted by molar-refractivity contribution is 6.02. The highest BCUT2D eigenvalue weighted by Gasteiger charge is 2.17. The molecule has 8 nitrogen and oxygen atoms in total. The normalized spacial score (nSPS) is 11.0. The number of hydrogen-bond acceptors (Lipinski definition) is 5. The van der Waals surface area contributed by atoms with E-state index in [4.69, 9.17) is 4.74 Å². The number of carbonyl (C=O) groups is 1. The standard InChI is InChI=1S/C18H16N4O4/c1-11-15(13-5-3-4-6-16(13)20-11)10-19-21-18(23)14-9-12(22(24)25)7-8-17(14)26-2/h3-10,20H,1-2H3,(H,21,23)/b19-10-. The first kappa shape index (κ1) is 17.2. The van der Waals surface area contributed by atoms with Gasteiger partial charge in [0.05, 0.1) is 23.8 Å². The monoisotopic (exact) mass is 352 g/mol. The summed E-state index contributed by atoms with van der Waals surface area (Å²) >= 11 is 0. The van der Waals surface area contributed by atoms with Crippen LogP contribution in [0.2, 0.25) is 0 Å². The predicted octanol–water partition coefficient (Wildman–Crippen LogP) is 3.16. The van der Waals surface area contributed by atoms with Crippen molar-refractivity contribution >= 4 is 28.7 Å². The van der Waals surface area contributed by atoms with E-state index in [9.17, 15) is 14.9 Å². The quantitative estimate of drug-likeness (QED) is 0.417. The van der Waals surface area contributed by atoms with Crippen molar-refractivity contribution in [1.29, 1.82) is 0 Å². The lowest BCUT2D eigenvalue weighted by Gasteiger charge is -2.06. The molecule has 0 saturated carbocycles. The zero-order chi connectivity index (χ0) is 18.7. The maximum absolute atomic E-state index is 12.3. The third-order valence-electron chi connectivity index (χ3n) is 3.94. The molecule has 0 aliphatic heterocycles. The summed E-state index contributed by atoms with van der Waals surface area (Å²) in [6.07, 6.45) is 1.54. The Kier molecular flexibility index (Phi) is 4.66. The molecular weight excluding hydrogens is 336 g/mol. The van der Waals surface area contributed by atoms with Gasteiger partial charge in [-0.25, -0.2) is 5.43 Å². The van der Waals surface area contributed by atoms with Crippen LogP contribution in [-0.2, 0) is 0 Å². The number of fused-ring (bicyclic) bond motifs is 1. The lowest BCUT2D eigenvalue weighted by molar-refractivity contribution is -0.384. The van der Waals surface area contributed by atoms with Crippen LogP contribution in [0.15, 0.2) is 47.6 Å². The Morgan fingerprint density at radius 3 is 2.81 bits per heavy atom. The second kappa shape index (κ2) is 7.06. The minimum atomic E-state index is -0.598. The number of nitro groups is 1. The number of aromatic nitrogens is 1. The van der Waals surface area contributed by atoms with Gasteiger partial charge in [0.15, 0.2) is 0 Å². The first-order valence-electron chi connectivity index (χ1n) is 7.74. The average molecular weight is 352 g/mol. The number of benzene rings is 2. The molecule has 132 valence electrons. The van der Waals surface area contributed by atoms with Crippen molar-refractivity contribution in [3.63, 3.8) is 0 Å². The number of aryl methyl sites for hydroxylation is 1. The zero-order valence-corrected chi connectivity index (χ0v) is 14.1. The van der Waals surface area contributed by atoms with Crippen LogP contribution < -0.4 is 10.2 Å². The van der Waals surface area contributed by atoms with Crippen molar-refractivity contribution in [2.45, 2.75) is 6.92 Å². The topological polar surface area (TPSA) is 110 Å². The maximum Gasteiger partial charge on any atom is 0.275 e. The van der Waals surface area contributed by atoms with Crippen LogP contribution in [0, 0.1) is 17.0 Å². The van der Waals surface area contributed by atoms with Crippen LogP contribution in [0.3, 0.4) is 0 Å². The summed E-state index contributed by atoms with van der Waals surface area (Å²) in [4.78, 5) is 25.9. The van der Waals surface area contributed by atoms with Crippen LogP contribution >= 0.6 is 0 Å². The van der Waals surface area contributed by atoms with Crippen molar-refractivity contribution < 1.29 is 14.5 Å². The number of methoxy groups -OCH3 is 1. The Bertz CT molecular complexity index is 1020. The number of aromatic amines is 1. The molecule has 0 aliphatic rings. The summed E-state index contributed by atoms with van der Waals surface area (Å²) in [5, 5.41) is 15.9. The number of carbonyl (C=O) groups excluding carboxylic acids is 1. The number of nitrogens with one attached hydrogen (secondary N) is 2. The maximum atomic E-state index is 12.3. The lowest BCUT2D eigenvalue weighted by Crippen LogP contribution is -2.18. The third kappa shape index (κ3) is 3.25. The first-order valence-corrected chi connectivity index (χ1v) is 7.74. The average Bonchev–Trinajstić information content (AvgIpc) is 2.96. The molecule has 3 rings (SSSR count). The first-order chi connectivity index (χ1) is 12.5. The van der Waals surface area contributed by atoms with Gasteiger partial charge in [0.1, 0.15) is 5.75 Å². The number of amides is 1. The van der Waals surface area contributed by atoms with Gasteiger partial charge in [-0.2, -0.15) is 5.10 Å². The number of nitrogens with zero attached hydrogens (tertiary/aromatic N) is 2. The van der Waals surface area contributed by atoms with Crippen LogP contribution in [0.25, 0.3) is 10.9 Å². The van der Waals surface area contributed by atoms with Crippen molar-refractivity contribution in [2.75, 3.05) is 7.11 Å². The molecule has 1 heterocycles. The molecule has 0 fully saturated rings. The molecular formula is C18H16N4O4. The summed E-state index contributed by atoms with van der Waals surface area (Å²) in [5.74, 6) is -0.370. The van der Waals surface area contributed by atoms with E-state index in [-0.39, 0.29) is 17.0 Å². The molecule has 8 heteroatoms. The van der Waals surface area contributed by atoms with Gasteiger partial charge in [-0.3, -0.25) is 14.9 Å². The number of hydrogen-bond donors (Lipinski definition) is 2. The minimum Gasteiger partial charge on any atom is -0.496 e. The van der Waals surface area contributed by atoms with Gasteiger partial charge < -0.3 is 9.72 Å². The van der Waals surface area contributed by atoms with Gasteiger partial charge in [0.2, 0.25) is 0 Å². The largest absolute Gasteiger partial charge is 0.496 e. The number of nitro benzene ring substituents is 1. The van der Waals surface area contributed by atoms with Crippen LogP contribution in [0.5, 0.6) is 5.75 Å². The molecule has 0 saturated heterocycles. The molecule has 0 aliphatic carbocycles. The van der Waals surface area contributed by atoms with Crippen LogP contribution in [0.1, 0.15) is 21.6 Å². The van der Waals surface area contributed by atoms with E-state index in [1.807, 2.05) is 31.2 Å².